The van der Waals surface area contributed by atoms with Crippen molar-refractivity contribution in [3.05, 3.63) is 119 Å². The molecule has 7 rings (SSSR count). The van der Waals surface area contributed by atoms with Gasteiger partial charge in [-0.25, -0.2) is 9.98 Å². The molecule has 1 aliphatic carbocycles. The van der Waals surface area contributed by atoms with Crippen molar-refractivity contribution in [2.75, 3.05) is 13.2 Å². The van der Waals surface area contributed by atoms with Gasteiger partial charge in [0.25, 0.3) is 0 Å². The van der Waals surface area contributed by atoms with Gasteiger partial charge in [0.1, 0.15) is 30.7 Å². The second-order valence-corrected chi connectivity index (χ2v) is 9.71. The van der Waals surface area contributed by atoms with Crippen molar-refractivity contribution in [3.63, 3.8) is 0 Å². The van der Waals surface area contributed by atoms with Crippen LogP contribution in [0, 0.1) is 5.41 Å². The number of aliphatic imine (C=N–C) groups is 2. The van der Waals surface area contributed by atoms with Crippen molar-refractivity contribution in [2.45, 2.75) is 24.9 Å². The Morgan fingerprint density at radius 2 is 1.06 bits per heavy atom. The lowest BCUT2D eigenvalue weighted by atomic mass is 9.70. The molecule has 0 unspecified atom stereocenters. The summed E-state index contributed by atoms with van der Waals surface area (Å²) < 4.78 is 12.8. The molecule has 0 radical (unpaired) electrons. The Hall–Kier alpha value is -3.92. The largest absolute Gasteiger partial charge is 0.478 e. The Morgan fingerprint density at radius 1 is 0.571 bits per heavy atom. The maximum Gasteiger partial charge on any atom is 0.200 e. The van der Waals surface area contributed by atoms with Crippen LogP contribution in [0.25, 0.3) is 10.8 Å². The predicted octanol–water partition coefficient (Wildman–Crippen LogP) is 6.26. The van der Waals surface area contributed by atoms with Crippen LogP contribution in [0.2, 0.25) is 0 Å². The van der Waals surface area contributed by atoms with Gasteiger partial charge in [0, 0.05) is 0 Å². The smallest absolute Gasteiger partial charge is 0.200 e. The summed E-state index contributed by atoms with van der Waals surface area (Å²) in [7, 11) is 0. The number of hydrogen-bond acceptors (Lipinski definition) is 4. The van der Waals surface area contributed by atoms with E-state index < -0.39 is 5.41 Å². The average Bonchev–Trinajstić information content (AvgIpc) is 3.61. The minimum Gasteiger partial charge on any atom is -0.478 e. The Bertz CT molecular complexity index is 1350. The maximum absolute atomic E-state index is 6.42. The zero-order valence-electron chi connectivity index (χ0n) is 19.4. The van der Waals surface area contributed by atoms with Gasteiger partial charge in [0.15, 0.2) is 0 Å². The van der Waals surface area contributed by atoms with E-state index in [1.165, 1.54) is 33.0 Å². The first-order chi connectivity index (χ1) is 17.3. The van der Waals surface area contributed by atoms with E-state index in [-0.39, 0.29) is 12.1 Å². The minimum absolute atomic E-state index is 0.0111. The van der Waals surface area contributed by atoms with E-state index >= 15 is 0 Å². The molecular formula is C31H26N2O2. The SMILES string of the molecule is c1ccc([C@@H]2COC(C3(C4=N[C@H](c5ccccc5)CO4)Cc4cccc5cccc(c45)C3)=N2)cc1. The molecule has 35 heavy (non-hydrogen) atoms. The molecule has 4 heteroatoms. The van der Waals surface area contributed by atoms with E-state index in [1.807, 2.05) is 12.1 Å². The standard InChI is InChI=1S/C31H26N2O2/c1-3-9-21(10-4-1)26-19-34-29(32-26)31(30-33-27(20-35-30)22-11-5-2-6-12-22)17-24-15-7-13-23-14-8-16-25(18-31)28(23)24/h1-16,26-27H,17-20H2/t26-,27-/m0/s1. The molecule has 0 saturated carbocycles. The Labute approximate surface area is 205 Å². The molecule has 0 aromatic heterocycles. The fourth-order valence-corrected chi connectivity index (χ4v) is 5.87. The lowest BCUT2D eigenvalue weighted by Crippen LogP contribution is -2.45. The average molecular weight is 459 g/mol. The van der Waals surface area contributed by atoms with Gasteiger partial charge in [0.05, 0.1) is 0 Å². The molecule has 0 spiro atoms. The van der Waals surface area contributed by atoms with Crippen LogP contribution in [0.5, 0.6) is 0 Å². The van der Waals surface area contributed by atoms with E-state index in [0.717, 1.165) is 24.6 Å². The van der Waals surface area contributed by atoms with Gasteiger partial charge in [-0.3, -0.25) is 0 Å². The van der Waals surface area contributed by atoms with E-state index in [4.69, 9.17) is 19.5 Å². The van der Waals surface area contributed by atoms with Crippen molar-refractivity contribution >= 4 is 22.6 Å². The molecule has 2 aliphatic heterocycles. The summed E-state index contributed by atoms with van der Waals surface area (Å²) in [5, 5.41) is 2.63. The summed E-state index contributed by atoms with van der Waals surface area (Å²) in [4.78, 5) is 10.3. The van der Waals surface area contributed by atoms with Gasteiger partial charge in [-0.1, -0.05) is 97.1 Å². The summed E-state index contributed by atoms with van der Waals surface area (Å²) in [6.45, 7) is 1.09. The van der Waals surface area contributed by atoms with Crippen LogP contribution < -0.4 is 0 Å². The fourth-order valence-electron chi connectivity index (χ4n) is 5.87. The van der Waals surface area contributed by atoms with Crippen molar-refractivity contribution in [3.8, 4) is 0 Å². The first-order valence-electron chi connectivity index (χ1n) is 12.3. The third kappa shape index (κ3) is 3.35. The van der Waals surface area contributed by atoms with Crippen LogP contribution in [0.4, 0.5) is 0 Å². The number of ether oxygens (including phenoxy) is 2. The van der Waals surface area contributed by atoms with E-state index in [2.05, 4.69) is 84.9 Å². The Kier molecular flexibility index (Phi) is 4.73. The van der Waals surface area contributed by atoms with Gasteiger partial charge in [-0.2, -0.15) is 0 Å². The summed E-state index contributed by atoms with van der Waals surface area (Å²) in [5.41, 5.74) is 4.40. The highest BCUT2D eigenvalue weighted by Crippen LogP contribution is 2.45. The van der Waals surface area contributed by atoms with Gasteiger partial charge in [0.2, 0.25) is 11.8 Å². The summed E-state index contributed by atoms with van der Waals surface area (Å²) in [6, 6.07) is 33.9. The topological polar surface area (TPSA) is 43.2 Å². The van der Waals surface area contributed by atoms with Crippen molar-refractivity contribution in [1.29, 1.82) is 0 Å². The van der Waals surface area contributed by atoms with Crippen LogP contribution >= 0.6 is 0 Å². The molecule has 4 nitrogen and oxygen atoms in total. The number of rotatable bonds is 4. The van der Waals surface area contributed by atoms with Crippen molar-refractivity contribution < 1.29 is 9.47 Å². The first kappa shape index (κ1) is 20.5. The highest BCUT2D eigenvalue weighted by atomic mass is 16.5. The highest BCUT2D eigenvalue weighted by Gasteiger charge is 2.51. The monoisotopic (exact) mass is 458 g/mol. The zero-order valence-corrected chi connectivity index (χ0v) is 19.4. The Morgan fingerprint density at radius 3 is 1.54 bits per heavy atom. The van der Waals surface area contributed by atoms with Crippen LogP contribution in [0.15, 0.2) is 107 Å². The van der Waals surface area contributed by atoms with Crippen LogP contribution in [0.3, 0.4) is 0 Å². The van der Waals surface area contributed by atoms with Crippen LogP contribution in [-0.2, 0) is 22.3 Å². The van der Waals surface area contributed by atoms with E-state index in [1.54, 1.807) is 0 Å². The number of benzene rings is 4. The maximum atomic E-state index is 6.42. The van der Waals surface area contributed by atoms with Crippen molar-refractivity contribution in [1.82, 2.24) is 0 Å². The zero-order chi connectivity index (χ0) is 23.2. The van der Waals surface area contributed by atoms with Gasteiger partial charge in [-0.05, 0) is 45.9 Å². The highest BCUT2D eigenvalue weighted by molar-refractivity contribution is 6.09. The van der Waals surface area contributed by atoms with E-state index in [0.29, 0.717) is 13.2 Å². The quantitative estimate of drug-likeness (QED) is 0.362. The number of nitrogens with zero attached hydrogens (tertiary/aromatic N) is 2. The van der Waals surface area contributed by atoms with E-state index in [9.17, 15) is 0 Å². The third-order valence-corrected chi connectivity index (χ3v) is 7.55. The third-order valence-electron chi connectivity index (χ3n) is 7.55. The molecule has 2 heterocycles. The van der Waals surface area contributed by atoms with Gasteiger partial charge >= 0.3 is 0 Å². The molecule has 172 valence electrons. The minimum atomic E-state index is -0.546. The second-order valence-electron chi connectivity index (χ2n) is 9.71. The molecule has 0 saturated heterocycles. The molecule has 0 amide bonds. The van der Waals surface area contributed by atoms with Gasteiger partial charge in [-0.15, -0.1) is 0 Å². The molecule has 3 aliphatic rings. The molecule has 4 aromatic rings. The first-order valence-corrected chi connectivity index (χ1v) is 12.3. The van der Waals surface area contributed by atoms with Gasteiger partial charge < -0.3 is 9.47 Å². The molecule has 2 atom stereocenters. The van der Waals surface area contributed by atoms with Crippen LogP contribution in [-0.4, -0.2) is 25.0 Å². The van der Waals surface area contributed by atoms with Crippen LogP contribution in [0.1, 0.15) is 34.3 Å². The summed E-state index contributed by atoms with van der Waals surface area (Å²) in [6.07, 6.45) is 1.53. The second kappa shape index (κ2) is 8.09. The lowest BCUT2D eigenvalue weighted by molar-refractivity contribution is 0.248. The van der Waals surface area contributed by atoms with Crippen molar-refractivity contribution in [2.24, 2.45) is 15.4 Å². The molecule has 0 fully saturated rings. The summed E-state index contributed by atoms with van der Waals surface area (Å²) in [5.74, 6) is 1.51. The molecule has 4 aromatic carbocycles. The molecule has 0 N–H and O–H groups in total. The lowest BCUT2D eigenvalue weighted by Gasteiger charge is -2.36. The molecule has 0 bridgehead atoms. The normalized spacial score (nSPS) is 22.3. The predicted molar refractivity (Wildman–Crippen MR) is 139 cm³/mol. The summed E-state index contributed by atoms with van der Waals surface area (Å²) >= 11 is 0. The Balaban J connectivity index is 1.36. The number of hydrogen-bond donors (Lipinski definition) is 0. The molecular weight excluding hydrogens is 432 g/mol. The fraction of sp³-hybridized carbons (Fsp3) is 0.226.